The lowest BCUT2D eigenvalue weighted by molar-refractivity contribution is -0.137. The molecule has 0 bridgehead atoms. The molecule has 0 saturated heterocycles. The summed E-state index contributed by atoms with van der Waals surface area (Å²) in [6.07, 6.45) is -4.53. The third-order valence-corrected chi connectivity index (χ3v) is 4.01. The first kappa shape index (κ1) is 21.0. The molecule has 0 fully saturated rings. The summed E-state index contributed by atoms with van der Waals surface area (Å²) in [5.41, 5.74) is -1.66. The van der Waals surface area contributed by atoms with Gasteiger partial charge in [0.2, 0.25) is 0 Å². The molecule has 3 rings (SSSR count). The molecule has 0 radical (unpaired) electrons. The highest BCUT2D eigenvalue weighted by Crippen LogP contribution is 2.37. The molecule has 1 unspecified atom stereocenters. The van der Waals surface area contributed by atoms with Crippen molar-refractivity contribution in [1.29, 1.82) is 0 Å². The Balaban J connectivity index is 1.76. The number of furan rings is 1. The van der Waals surface area contributed by atoms with Crippen molar-refractivity contribution in [1.82, 2.24) is 0 Å². The van der Waals surface area contributed by atoms with E-state index in [0.29, 0.717) is 5.75 Å². The number of rotatable bonds is 6. The van der Waals surface area contributed by atoms with E-state index >= 15 is 0 Å². The molecule has 2 amide bonds. The molecule has 6 nitrogen and oxygen atoms in total. The first-order valence-corrected chi connectivity index (χ1v) is 8.82. The van der Waals surface area contributed by atoms with Gasteiger partial charge in [-0.15, -0.1) is 0 Å². The molecular formula is C21H17F3N2O4. The van der Waals surface area contributed by atoms with Gasteiger partial charge in [-0.3, -0.25) is 9.59 Å². The molecule has 2 N–H and O–H groups in total. The highest BCUT2D eigenvalue weighted by atomic mass is 19.4. The van der Waals surface area contributed by atoms with Crippen molar-refractivity contribution < 1.29 is 31.9 Å². The van der Waals surface area contributed by atoms with Gasteiger partial charge in [-0.25, -0.2) is 0 Å². The van der Waals surface area contributed by atoms with Crippen LogP contribution >= 0.6 is 0 Å². The van der Waals surface area contributed by atoms with Crippen molar-refractivity contribution in [2.45, 2.75) is 19.2 Å². The highest BCUT2D eigenvalue weighted by Gasteiger charge is 2.35. The van der Waals surface area contributed by atoms with Crippen LogP contribution < -0.4 is 15.4 Å². The Kier molecular flexibility index (Phi) is 6.10. The SMILES string of the molecule is CC(Oc1ccccc1)C(=O)Nc1ccc(NC(=O)c2ccco2)cc1C(F)(F)F. The van der Waals surface area contributed by atoms with Gasteiger partial charge in [0.25, 0.3) is 11.8 Å². The Morgan fingerprint density at radius 3 is 2.37 bits per heavy atom. The van der Waals surface area contributed by atoms with Crippen molar-refractivity contribution in [3.8, 4) is 5.75 Å². The summed E-state index contributed by atoms with van der Waals surface area (Å²) < 4.78 is 50.9. The van der Waals surface area contributed by atoms with Crippen LogP contribution in [0.15, 0.2) is 71.3 Å². The number of amides is 2. The number of benzene rings is 2. The fourth-order valence-corrected chi connectivity index (χ4v) is 2.56. The number of halogens is 3. The zero-order chi connectivity index (χ0) is 21.7. The van der Waals surface area contributed by atoms with E-state index in [1.807, 2.05) is 0 Å². The molecular weight excluding hydrogens is 401 g/mol. The predicted molar refractivity (Wildman–Crippen MR) is 103 cm³/mol. The Labute approximate surface area is 169 Å². The number of carbonyl (C=O) groups is 2. The summed E-state index contributed by atoms with van der Waals surface area (Å²) in [6, 6.07) is 14.3. The number of alkyl halides is 3. The number of hydrogen-bond donors (Lipinski definition) is 2. The molecule has 2 aromatic carbocycles. The monoisotopic (exact) mass is 418 g/mol. The first-order valence-electron chi connectivity index (χ1n) is 8.82. The zero-order valence-corrected chi connectivity index (χ0v) is 15.7. The average molecular weight is 418 g/mol. The fourth-order valence-electron chi connectivity index (χ4n) is 2.56. The number of nitrogens with one attached hydrogen (secondary N) is 2. The van der Waals surface area contributed by atoms with Crippen molar-refractivity contribution in [2.24, 2.45) is 0 Å². The molecule has 1 heterocycles. The summed E-state index contributed by atoms with van der Waals surface area (Å²) in [6.45, 7) is 1.42. The van der Waals surface area contributed by atoms with Gasteiger partial charge in [0.15, 0.2) is 11.9 Å². The lowest BCUT2D eigenvalue weighted by Crippen LogP contribution is -2.31. The van der Waals surface area contributed by atoms with Crippen LogP contribution in [-0.4, -0.2) is 17.9 Å². The van der Waals surface area contributed by atoms with E-state index in [-0.39, 0.29) is 11.4 Å². The second-order valence-electron chi connectivity index (χ2n) is 6.25. The Bertz CT molecular complexity index is 1020. The van der Waals surface area contributed by atoms with Crippen LogP contribution in [0.25, 0.3) is 0 Å². The molecule has 9 heteroatoms. The second kappa shape index (κ2) is 8.73. The summed E-state index contributed by atoms with van der Waals surface area (Å²) in [7, 11) is 0. The third kappa shape index (κ3) is 5.19. The minimum absolute atomic E-state index is 0.0483. The van der Waals surface area contributed by atoms with Gasteiger partial charge in [-0.1, -0.05) is 18.2 Å². The Hall–Kier alpha value is -3.75. The molecule has 0 spiro atoms. The van der Waals surface area contributed by atoms with Crippen LogP contribution in [0.1, 0.15) is 23.0 Å². The number of ether oxygens (including phenoxy) is 1. The fraction of sp³-hybridized carbons (Fsp3) is 0.143. The number of anilines is 2. The predicted octanol–water partition coefficient (Wildman–Crippen LogP) is 4.96. The third-order valence-electron chi connectivity index (χ3n) is 4.01. The molecule has 1 atom stereocenters. The molecule has 1 aromatic heterocycles. The van der Waals surface area contributed by atoms with Crippen molar-refractivity contribution in [3.05, 3.63) is 78.3 Å². The van der Waals surface area contributed by atoms with Crippen LogP contribution in [0.3, 0.4) is 0 Å². The topological polar surface area (TPSA) is 80.6 Å². The minimum Gasteiger partial charge on any atom is -0.481 e. The van der Waals surface area contributed by atoms with Gasteiger partial charge in [0.05, 0.1) is 17.5 Å². The van der Waals surface area contributed by atoms with E-state index in [2.05, 4.69) is 10.6 Å². The standard InChI is InChI=1S/C21H17F3N2O4/c1-13(30-15-6-3-2-4-7-15)19(27)26-17-10-9-14(12-16(17)21(22,23)24)25-20(28)18-8-5-11-29-18/h2-13H,1H3,(H,25,28)(H,26,27). The first-order chi connectivity index (χ1) is 14.2. The largest absolute Gasteiger partial charge is 0.481 e. The smallest absolute Gasteiger partial charge is 0.418 e. The van der Waals surface area contributed by atoms with E-state index in [1.54, 1.807) is 30.3 Å². The number of hydrogen-bond acceptors (Lipinski definition) is 4. The summed E-state index contributed by atoms with van der Waals surface area (Å²) >= 11 is 0. The lowest BCUT2D eigenvalue weighted by atomic mass is 10.1. The zero-order valence-electron chi connectivity index (χ0n) is 15.7. The molecule has 3 aromatic rings. The van der Waals surface area contributed by atoms with Gasteiger partial charge >= 0.3 is 6.18 Å². The van der Waals surface area contributed by atoms with Crippen molar-refractivity contribution in [3.63, 3.8) is 0 Å². The van der Waals surface area contributed by atoms with Crippen LogP contribution in [0, 0.1) is 0 Å². The molecule has 0 aliphatic heterocycles. The van der Waals surface area contributed by atoms with Crippen molar-refractivity contribution in [2.75, 3.05) is 10.6 Å². The normalized spacial score (nSPS) is 12.1. The van der Waals surface area contributed by atoms with E-state index in [1.165, 1.54) is 31.4 Å². The summed E-state index contributed by atoms with van der Waals surface area (Å²) in [5.74, 6) is -1.09. The molecule has 30 heavy (non-hydrogen) atoms. The van der Waals surface area contributed by atoms with Gasteiger partial charge in [0, 0.05) is 5.69 Å². The Morgan fingerprint density at radius 2 is 1.73 bits per heavy atom. The molecule has 156 valence electrons. The maximum absolute atomic E-state index is 13.5. The van der Waals surface area contributed by atoms with Crippen molar-refractivity contribution >= 4 is 23.2 Å². The summed E-state index contributed by atoms with van der Waals surface area (Å²) in [4.78, 5) is 24.3. The second-order valence-corrected chi connectivity index (χ2v) is 6.25. The maximum Gasteiger partial charge on any atom is 0.418 e. The summed E-state index contributed by atoms with van der Waals surface area (Å²) in [5, 5.41) is 4.55. The van der Waals surface area contributed by atoms with Crippen LogP contribution in [0.2, 0.25) is 0 Å². The minimum atomic E-state index is -4.77. The average Bonchev–Trinajstić information content (AvgIpc) is 3.24. The van der Waals surface area contributed by atoms with E-state index in [4.69, 9.17) is 9.15 Å². The number of para-hydroxylation sites is 1. The van der Waals surface area contributed by atoms with E-state index < -0.39 is 35.3 Å². The Morgan fingerprint density at radius 1 is 1.00 bits per heavy atom. The number of carbonyl (C=O) groups excluding carboxylic acids is 2. The van der Waals surface area contributed by atoms with Gasteiger partial charge in [-0.2, -0.15) is 13.2 Å². The van der Waals surface area contributed by atoms with Crippen LogP contribution in [0.5, 0.6) is 5.75 Å². The van der Waals surface area contributed by atoms with Crippen LogP contribution in [-0.2, 0) is 11.0 Å². The van der Waals surface area contributed by atoms with Gasteiger partial charge in [-0.05, 0) is 49.4 Å². The van der Waals surface area contributed by atoms with Gasteiger partial charge in [0.1, 0.15) is 5.75 Å². The molecule has 0 aliphatic carbocycles. The highest BCUT2D eigenvalue weighted by molar-refractivity contribution is 6.02. The molecule has 0 aliphatic rings. The van der Waals surface area contributed by atoms with E-state index in [0.717, 1.165) is 12.1 Å². The van der Waals surface area contributed by atoms with Gasteiger partial charge < -0.3 is 19.8 Å². The van der Waals surface area contributed by atoms with E-state index in [9.17, 15) is 22.8 Å². The lowest BCUT2D eigenvalue weighted by Gasteiger charge is -2.18. The van der Waals surface area contributed by atoms with Crippen LogP contribution in [0.4, 0.5) is 24.5 Å². The molecule has 0 saturated carbocycles. The quantitative estimate of drug-likeness (QED) is 0.593. The maximum atomic E-state index is 13.5.